The minimum absolute atomic E-state index is 0.431. The van der Waals surface area contributed by atoms with Gasteiger partial charge in [-0.05, 0) is 24.5 Å². The van der Waals surface area contributed by atoms with E-state index in [1.807, 2.05) is 30.0 Å². The molecular formula is C11H12Cl2N2S. The maximum absolute atomic E-state index is 5.94. The predicted molar refractivity (Wildman–Crippen MR) is 72.7 cm³/mol. The van der Waals surface area contributed by atoms with E-state index in [-0.39, 0.29) is 0 Å². The largest absolute Gasteiger partial charge is 0.326 e. The van der Waals surface area contributed by atoms with Crippen LogP contribution >= 0.6 is 35.0 Å². The highest BCUT2D eigenvalue weighted by atomic mass is 35.5. The van der Waals surface area contributed by atoms with Gasteiger partial charge in [0.2, 0.25) is 0 Å². The van der Waals surface area contributed by atoms with Crippen molar-refractivity contribution in [1.82, 2.24) is 9.55 Å². The molecule has 5 heteroatoms. The van der Waals surface area contributed by atoms with Crippen molar-refractivity contribution >= 4 is 46.0 Å². The summed E-state index contributed by atoms with van der Waals surface area (Å²) in [6, 6.07) is 5.77. The van der Waals surface area contributed by atoms with Crippen LogP contribution in [0.4, 0.5) is 0 Å². The third kappa shape index (κ3) is 2.31. The quantitative estimate of drug-likeness (QED) is 0.790. The fourth-order valence-corrected chi connectivity index (χ4v) is 2.42. The molecule has 86 valence electrons. The Hall–Kier alpha value is -0.380. The average molecular weight is 275 g/mol. The van der Waals surface area contributed by atoms with E-state index in [0.717, 1.165) is 29.2 Å². The molecule has 1 aromatic carbocycles. The number of hydrogen-bond acceptors (Lipinski definition) is 2. The SMILES string of the molecule is CSCCn1c(CCl)nc2cc(Cl)ccc21. The second-order valence-corrected chi connectivity index (χ2v) is 5.13. The van der Waals surface area contributed by atoms with E-state index in [1.54, 1.807) is 0 Å². The van der Waals surface area contributed by atoms with E-state index in [4.69, 9.17) is 23.2 Å². The van der Waals surface area contributed by atoms with Crippen LogP contribution in [0, 0.1) is 0 Å². The first-order valence-electron chi connectivity index (χ1n) is 4.96. The van der Waals surface area contributed by atoms with Gasteiger partial charge in [0.1, 0.15) is 5.82 Å². The van der Waals surface area contributed by atoms with Crippen molar-refractivity contribution in [3.8, 4) is 0 Å². The average Bonchev–Trinajstić information content (AvgIpc) is 2.63. The molecule has 0 aliphatic carbocycles. The number of aromatic nitrogens is 2. The molecule has 0 N–H and O–H groups in total. The monoisotopic (exact) mass is 274 g/mol. The molecule has 0 aliphatic heterocycles. The van der Waals surface area contributed by atoms with Crippen molar-refractivity contribution in [1.29, 1.82) is 0 Å². The summed E-state index contributed by atoms with van der Waals surface area (Å²) in [5, 5.41) is 0.711. The van der Waals surface area contributed by atoms with E-state index < -0.39 is 0 Å². The van der Waals surface area contributed by atoms with Gasteiger partial charge in [0, 0.05) is 17.3 Å². The van der Waals surface area contributed by atoms with Gasteiger partial charge in [-0.3, -0.25) is 0 Å². The number of fused-ring (bicyclic) bond motifs is 1. The van der Waals surface area contributed by atoms with Crippen molar-refractivity contribution in [3.63, 3.8) is 0 Å². The molecule has 0 aliphatic rings. The summed E-state index contributed by atoms with van der Waals surface area (Å²) in [6.45, 7) is 0.932. The molecule has 1 heterocycles. The lowest BCUT2D eigenvalue weighted by Crippen LogP contribution is -2.04. The van der Waals surface area contributed by atoms with E-state index in [1.165, 1.54) is 0 Å². The molecule has 0 radical (unpaired) electrons. The maximum atomic E-state index is 5.94. The molecule has 0 spiro atoms. The van der Waals surface area contributed by atoms with Gasteiger partial charge >= 0.3 is 0 Å². The molecule has 0 atom stereocenters. The first-order valence-corrected chi connectivity index (χ1v) is 7.26. The summed E-state index contributed by atoms with van der Waals surface area (Å²) < 4.78 is 2.16. The van der Waals surface area contributed by atoms with Gasteiger partial charge in [-0.15, -0.1) is 11.6 Å². The maximum Gasteiger partial charge on any atom is 0.124 e. The van der Waals surface area contributed by atoms with Gasteiger partial charge in [-0.2, -0.15) is 11.8 Å². The second-order valence-electron chi connectivity index (χ2n) is 3.44. The summed E-state index contributed by atoms with van der Waals surface area (Å²) in [5.41, 5.74) is 2.03. The van der Waals surface area contributed by atoms with Crippen LogP contribution in [-0.4, -0.2) is 21.6 Å². The van der Waals surface area contributed by atoms with Crippen LogP contribution in [0.3, 0.4) is 0 Å². The van der Waals surface area contributed by atoms with Gasteiger partial charge < -0.3 is 4.57 Å². The fourth-order valence-electron chi connectivity index (χ4n) is 1.69. The summed E-state index contributed by atoms with van der Waals surface area (Å²) in [5.74, 6) is 2.39. The lowest BCUT2D eigenvalue weighted by atomic mass is 10.3. The van der Waals surface area contributed by atoms with Crippen LogP contribution in [-0.2, 0) is 12.4 Å². The number of nitrogens with zero attached hydrogens (tertiary/aromatic N) is 2. The molecule has 2 rings (SSSR count). The van der Waals surface area contributed by atoms with E-state index in [0.29, 0.717) is 10.9 Å². The standard InChI is InChI=1S/C11H12Cl2N2S/c1-16-5-4-15-10-3-2-8(13)6-9(10)14-11(15)7-12/h2-3,6H,4-5,7H2,1H3. The van der Waals surface area contributed by atoms with Crippen LogP contribution < -0.4 is 0 Å². The zero-order chi connectivity index (χ0) is 11.5. The zero-order valence-corrected chi connectivity index (χ0v) is 11.2. The van der Waals surface area contributed by atoms with Gasteiger partial charge in [0.15, 0.2) is 0 Å². The van der Waals surface area contributed by atoms with Crippen LogP contribution in [0.2, 0.25) is 5.02 Å². The van der Waals surface area contributed by atoms with E-state index >= 15 is 0 Å². The topological polar surface area (TPSA) is 17.8 Å². The van der Waals surface area contributed by atoms with Crippen molar-refractivity contribution in [3.05, 3.63) is 29.0 Å². The third-order valence-corrected chi connectivity index (χ3v) is 3.49. The molecule has 1 aromatic heterocycles. The Labute approximate surface area is 109 Å². The van der Waals surface area contributed by atoms with Crippen molar-refractivity contribution < 1.29 is 0 Å². The summed E-state index contributed by atoms with van der Waals surface area (Å²) in [6.07, 6.45) is 2.09. The first kappa shape index (κ1) is 12.1. The van der Waals surface area contributed by atoms with Crippen molar-refractivity contribution in [2.75, 3.05) is 12.0 Å². The van der Waals surface area contributed by atoms with Gasteiger partial charge in [-0.25, -0.2) is 4.98 Å². The molecule has 16 heavy (non-hydrogen) atoms. The highest BCUT2D eigenvalue weighted by molar-refractivity contribution is 7.98. The number of benzene rings is 1. The van der Waals surface area contributed by atoms with Crippen LogP contribution in [0.25, 0.3) is 11.0 Å². The number of imidazole rings is 1. The lowest BCUT2D eigenvalue weighted by molar-refractivity contribution is 0.755. The molecule has 2 aromatic rings. The minimum atomic E-state index is 0.431. The van der Waals surface area contributed by atoms with Crippen LogP contribution in [0.1, 0.15) is 5.82 Å². The number of halogens is 2. The Bertz CT molecular complexity index is 496. The number of alkyl halides is 1. The van der Waals surface area contributed by atoms with Gasteiger partial charge in [0.05, 0.1) is 16.9 Å². The smallest absolute Gasteiger partial charge is 0.124 e. The van der Waals surface area contributed by atoms with Crippen LogP contribution in [0.5, 0.6) is 0 Å². The first-order chi connectivity index (χ1) is 7.76. The molecule has 0 unspecified atom stereocenters. The third-order valence-electron chi connectivity index (χ3n) is 2.43. The highest BCUT2D eigenvalue weighted by Gasteiger charge is 2.09. The van der Waals surface area contributed by atoms with E-state index in [2.05, 4.69) is 15.8 Å². The molecular weight excluding hydrogens is 263 g/mol. The van der Waals surface area contributed by atoms with Crippen molar-refractivity contribution in [2.45, 2.75) is 12.4 Å². The molecule has 0 saturated carbocycles. The number of aryl methyl sites for hydroxylation is 1. The highest BCUT2D eigenvalue weighted by Crippen LogP contribution is 2.21. The lowest BCUT2D eigenvalue weighted by Gasteiger charge is -2.05. The molecule has 0 bridgehead atoms. The zero-order valence-electron chi connectivity index (χ0n) is 8.91. The summed E-state index contributed by atoms with van der Waals surface area (Å²) in [4.78, 5) is 4.48. The molecule has 2 nitrogen and oxygen atoms in total. The number of hydrogen-bond donors (Lipinski definition) is 0. The van der Waals surface area contributed by atoms with Gasteiger partial charge in [-0.1, -0.05) is 11.6 Å². The van der Waals surface area contributed by atoms with Crippen molar-refractivity contribution in [2.24, 2.45) is 0 Å². The number of thioether (sulfide) groups is 1. The Balaban J connectivity index is 2.50. The summed E-state index contributed by atoms with van der Waals surface area (Å²) in [7, 11) is 0. The Morgan fingerprint density at radius 1 is 1.44 bits per heavy atom. The second kappa shape index (κ2) is 5.30. The van der Waals surface area contributed by atoms with Gasteiger partial charge in [0.25, 0.3) is 0 Å². The van der Waals surface area contributed by atoms with E-state index in [9.17, 15) is 0 Å². The Morgan fingerprint density at radius 2 is 2.25 bits per heavy atom. The van der Waals surface area contributed by atoms with Crippen LogP contribution in [0.15, 0.2) is 18.2 Å². The molecule has 0 saturated heterocycles. The number of rotatable bonds is 4. The summed E-state index contributed by atoms with van der Waals surface area (Å²) >= 11 is 13.7. The Kier molecular flexibility index (Phi) is 4.00. The molecule has 0 amide bonds. The normalized spacial score (nSPS) is 11.2. The predicted octanol–water partition coefficient (Wildman–Crippen LogP) is 3.79. The Morgan fingerprint density at radius 3 is 2.94 bits per heavy atom. The molecule has 0 fully saturated rings. The minimum Gasteiger partial charge on any atom is -0.326 e. The fraction of sp³-hybridized carbons (Fsp3) is 0.364.